The Bertz CT molecular complexity index is 608. The van der Waals surface area contributed by atoms with E-state index in [2.05, 4.69) is 12.1 Å². The molecule has 1 aromatic carbocycles. The van der Waals surface area contributed by atoms with Gasteiger partial charge in [-0.25, -0.2) is 0 Å². The molecule has 0 amide bonds. The number of esters is 1. The van der Waals surface area contributed by atoms with E-state index in [9.17, 15) is 4.79 Å². The Kier molecular flexibility index (Phi) is 1.21. The van der Waals surface area contributed by atoms with Gasteiger partial charge in [-0.1, -0.05) is 23.7 Å². The molecule has 0 aromatic heterocycles. The highest BCUT2D eigenvalue weighted by atomic mass is 35.5. The van der Waals surface area contributed by atoms with Crippen molar-refractivity contribution in [1.29, 1.82) is 0 Å². The zero-order chi connectivity index (χ0) is 12.7. The van der Waals surface area contributed by atoms with Gasteiger partial charge in [0.05, 0.1) is 12.5 Å². The highest BCUT2D eigenvalue weighted by molar-refractivity contribution is 6.30. The van der Waals surface area contributed by atoms with Crippen molar-refractivity contribution in [2.24, 2.45) is 40.9 Å². The first-order valence-corrected chi connectivity index (χ1v) is 7.44. The van der Waals surface area contributed by atoms with Crippen LogP contribution in [-0.2, 0) is 14.9 Å². The third-order valence-corrected chi connectivity index (χ3v) is 7.77. The number of methoxy groups -OCH3 is 1. The largest absolute Gasteiger partial charge is 0.469 e. The first-order chi connectivity index (χ1) is 9.21. The molecule has 0 bridgehead atoms. The summed E-state index contributed by atoms with van der Waals surface area (Å²) in [5.74, 6) is 4.34. The van der Waals surface area contributed by atoms with Gasteiger partial charge in [-0.15, -0.1) is 0 Å². The van der Waals surface area contributed by atoms with Gasteiger partial charge in [0.15, 0.2) is 0 Å². The average Bonchev–Trinajstić information content (AvgIpc) is 2.47. The number of hydrogen-bond donors (Lipinski definition) is 0. The van der Waals surface area contributed by atoms with Crippen LogP contribution >= 0.6 is 11.6 Å². The monoisotopic (exact) mass is 272 g/mol. The molecule has 7 rings (SSSR count). The maximum absolute atomic E-state index is 12.0. The molecule has 0 aliphatic heterocycles. The van der Waals surface area contributed by atoms with Gasteiger partial charge in [-0.05, 0) is 53.2 Å². The minimum absolute atomic E-state index is 0.0110. The smallest absolute Gasteiger partial charge is 0.312 e. The van der Waals surface area contributed by atoms with Crippen LogP contribution in [0.15, 0.2) is 24.3 Å². The van der Waals surface area contributed by atoms with Gasteiger partial charge < -0.3 is 4.74 Å². The van der Waals surface area contributed by atoms with E-state index in [-0.39, 0.29) is 11.4 Å². The summed E-state index contributed by atoms with van der Waals surface area (Å²) in [6.07, 6.45) is 0. The Morgan fingerprint density at radius 1 is 1.05 bits per heavy atom. The number of ether oxygens (including phenoxy) is 1. The number of hydrogen-bond acceptors (Lipinski definition) is 2. The second-order valence-corrected chi connectivity index (χ2v) is 7.46. The van der Waals surface area contributed by atoms with Crippen molar-refractivity contribution in [1.82, 2.24) is 0 Å². The summed E-state index contributed by atoms with van der Waals surface area (Å²) < 4.78 is 5.06. The molecule has 2 nitrogen and oxygen atoms in total. The van der Waals surface area contributed by atoms with Crippen molar-refractivity contribution < 1.29 is 9.53 Å². The van der Waals surface area contributed by atoms with E-state index in [0.29, 0.717) is 23.2 Å². The van der Waals surface area contributed by atoms with E-state index < -0.39 is 0 Å². The normalized spacial score (nSPS) is 59.7. The van der Waals surface area contributed by atoms with Crippen LogP contribution in [0.5, 0.6) is 0 Å². The zero-order valence-electron chi connectivity index (χ0n) is 10.5. The van der Waals surface area contributed by atoms with Crippen molar-refractivity contribution in [2.45, 2.75) is 5.41 Å². The molecule has 0 spiro atoms. The minimum atomic E-state index is -0.0110. The molecule has 3 heteroatoms. The summed E-state index contributed by atoms with van der Waals surface area (Å²) in [7, 11) is 1.54. The van der Waals surface area contributed by atoms with Gasteiger partial charge in [0, 0.05) is 10.4 Å². The Labute approximate surface area is 116 Å². The van der Waals surface area contributed by atoms with Crippen molar-refractivity contribution in [3.63, 3.8) is 0 Å². The average molecular weight is 273 g/mol. The fourth-order valence-corrected chi connectivity index (χ4v) is 7.55. The predicted molar refractivity (Wildman–Crippen MR) is 68.5 cm³/mol. The molecule has 6 aliphatic carbocycles. The number of benzene rings is 1. The van der Waals surface area contributed by atoms with E-state index in [1.54, 1.807) is 7.11 Å². The molecular formula is C16H13ClO2. The predicted octanol–water partition coefficient (Wildman–Crippen LogP) is 2.50. The van der Waals surface area contributed by atoms with Gasteiger partial charge >= 0.3 is 5.97 Å². The molecule has 96 valence electrons. The molecule has 6 aliphatic rings. The molecule has 0 atom stereocenters. The fourth-order valence-electron chi connectivity index (χ4n) is 7.43. The number of halogens is 1. The highest BCUT2D eigenvalue weighted by Gasteiger charge is 3.11. The highest BCUT2D eigenvalue weighted by Crippen LogP contribution is 3.09. The summed E-state index contributed by atoms with van der Waals surface area (Å²) in [6, 6.07) is 8.42. The fraction of sp³-hybridized carbons (Fsp3) is 0.562. The second kappa shape index (κ2) is 2.35. The molecule has 6 saturated carbocycles. The van der Waals surface area contributed by atoms with Crippen molar-refractivity contribution in [3.05, 3.63) is 34.9 Å². The molecule has 19 heavy (non-hydrogen) atoms. The lowest BCUT2D eigenvalue weighted by molar-refractivity contribution is -0.613. The van der Waals surface area contributed by atoms with E-state index in [1.807, 2.05) is 12.1 Å². The standard InChI is InChI=1S/C16H13ClO2/c1-19-14(18)16-11-8-12(16)10-13(16)9(11)15(8,10)6-2-4-7(17)5-3-6/h2-5,8-13H,1H3. The van der Waals surface area contributed by atoms with E-state index in [0.717, 1.165) is 22.8 Å². The lowest BCUT2D eigenvalue weighted by Gasteiger charge is -3.10. The van der Waals surface area contributed by atoms with Crippen molar-refractivity contribution >= 4 is 17.6 Å². The summed E-state index contributed by atoms with van der Waals surface area (Å²) in [6.45, 7) is 0. The molecule has 0 unspecified atom stereocenters. The van der Waals surface area contributed by atoms with Gasteiger partial charge in [0.1, 0.15) is 0 Å². The van der Waals surface area contributed by atoms with Crippen LogP contribution in [0, 0.1) is 40.9 Å². The minimum Gasteiger partial charge on any atom is -0.469 e. The summed E-state index contributed by atoms with van der Waals surface area (Å²) in [5, 5.41) is 0.812. The summed E-state index contributed by atoms with van der Waals surface area (Å²) >= 11 is 5.99. The second-order valence-electron chi connectivity index (χ2n) is 7.02. The van der Waals surface area contributed by atoms with Crippen LogP contribution in [0.4, 0.5) is 0 Å². The third kappa shape index (κ3) is 0.553. The van der Waals surface area contributed by atoms with E-state index in [1.165, 1.54) is 5.56 Å². The lowest BCUT2D eigenvalue weighted by Crippen LogP contribution is -3.12. The molecule has 0 radical (unpaired) electrons. The van der Waals surface area contributed by atoms with Crippen LogP contribution in [0.1, 0.15) is 5.56 Å². The van der Waals surface area contributed by atoms with Crippen LogP contribution in [-0.4, -0.2) is 13.1 Å². The molecule has 0 N–H and O–H groups in total. The van der Waals surface area contributed by atoms with Crippen LogP contribution < -0.4 is 0 Å². The molecule has 0 heterocycles. The van der Waals surface area contributed by atoms with Gasteiger partial charge in [0.25, 0.3) is 0 Å². The van der Waals surface area contributed by atoms with Gasteiger partial charge in [-0.3, -0.25) is 4.79 Å². The Balaban J connectivity index is 1.42. The molecule has 0 saturated heterocycles. The van der Waals surface area contributed by atoms with Gasteiger partial charge in [-0.2, -0.15) is 0 Å². The topological polar surface area (TPSA) is 26.3 Å². The van der Waals surface area contributed by atoms with E-state index in [4.69, 9.17) is 16.3 Å². The summed E-state index contributed by atoms with van der Waals surface area (Å²) in [4.78, 5) is 12.0. The Hall–Kier alpha value is -1.02. The van der Waals surface area contributed by atoms with Crippen LogP contribution in [0.2, 0.25) is 5.02 Å². The first-order valence-electron chi connectivity index (χ1n) is 7.06. The Morgan fingerprint density at radius 2 is 1.58 bits per heavy atom. The van der Waals surface area contributed by atoms with E-state index >= 15 is 0 Å². The maximum Gasteiger partial charge on any atom is 0.312 e. The summed E-state index contributed by atoms with van der Waals surface area (Å²) in [5.41, 5.74) is 1.90. The third-order valence-electron chi connectivity index (χ3n) is 7.51. The maximum atomic E-state index is 12.0. The molecule has 1 aromatic rings. The quantitative estimate of drug-likeness (QED) is 0.774. The lowest BCUT2D eigenvalue weighted by atomic mass is 8.92. The van der Waals surface area contributed by atoms with Crippen LogP contribution in [0.3, 0.4) is 0 Å². The number of rotatable bonds is 2. The number of carbonyl (C=O) groups excluding carboxylic acids is 1. The zero-order valence-corrected chi connectivity index (χ0v) is 11.2. The first kappa shape index (κ1) is 9.82. The van der Waals surface area contributed by atoms with Gasteiger partial charge in [0.2, 0.25) is 0 Å². The van der Waals surface area contributed by atoms with Crippen molar-refractivity contribution in [2.75, 3.05) is 7.11 Å². The SMILES string of the molecule is COC(=O)C12C3C4C1C1C2C3C41c1ccc(Cl)cc1. The number of carbonyl (C=O) groups is 1. The van der Waals surface area contributed by atoms with Crippen LogP contribution in [0.25, 0.3) is 0 Å². The Morgan fingerprint density at radius 3 is 2.05 bits per heavy atom. The molecule has 6 fully saturated rings. The molecular weight excluding hydrogens is 260 g/mol. The van der Waals surface area contributed by atoms with Crippen molar-refractivity contribution in [3.8, 4) is 0 Å².